The lowest BCUT2D eigenvalue weighted by molar-refractivity contribution is 0.427. The van der Waals surface area contributed by atoms with Crippen molar-refractivity contribution in [2.24, 2.45) is 0 Å². The molecule has 1 aromatic carbocycles. The number of hydrogen-bond acceptors (Lipinski definition) is 5. The van der Waals surface area contributed by atoms with Gasteiger partial charge in [0, 0.05) is 12.1 Å². The van der Waals surface area contributed by atoms with E-state index in [0.717, 1.165) is 27.3 Å². The third-order valence-corrected chi connectivity index (χ3v) is 6.79. The molecule has 0 saturated carbocycles. The molecule has 0 radical (unpaired) electrons. The van der Waals surface area contributed by atoms with E-state index in [9.17, 15) is 8.42 Å². The summed E-state index contributed by atoms with van der Waals surface area (Å²) in [6, 6.07) is 11.1. The summed E-state index contributed by atoms with van der Waals surface area (Å²) in [5.41, 5.74) is 3.79. The molecule has 0 fully saturated rings. The van der Waals surface area contributed by atoms with Crippen LogP contribution in [0.3, 0.4) is 0 Å². The first-order valence-corrected chi connectivity index (χ1v) is 9.75. The van der Waals surface area contributed by atoms with Crippen molar-refractivity contribution in [2.75, 3.05) is 0 Å². The fraction of sp³-hybridized carbons (Fsp3) is 0.235. The van der Waals surface area contributed by atoms with E-state index in [4.69, 9.17) is 4.52 Å². The SMILES string of the molecule is Cc1ccc(CNS(=O)(=O)c2ccc(-c3onc(C)c3C)s2)cc1. The fourth-order valence-corrected chi connectivity index (χ4v) is 4.59. The number of sulfonamides is 1. The average molecular weight is 362 g/mol. The van der Waals surface area contributed by atoms with Gasteiger partial charge in [0.1, 0.15) is 4.21 Å². The first kappa shape index (κ1) is 16.9. The van der Waals surface area contributed by atoms with Crippen LogP contribution in [0.1, 0.15) is 22.4 Å². The molecule has 2 aromatic heterocycles. The lowest BCUT2D eigenvalue weighted by Gasteiger charge is -2.05. The van der Waals surface area contributed by atoms with Gasteiger partial charge in [0.05, 0.1) is 10.6 Å². The van der Waals surface area contributed by atoms with Crippen molar-refractivity contribution >= 4 is 21.4 Å². The first-order valence-electron chi connectivity index (χ1n) is 7.45. The van der Waals surface area contributed by atoms with Gasteiger partial charge in [0.25, 0.3) is 0 Å². The zero-order valence-electron chi connectivity index (χ0n) is 13.7. The summed E-state index contributed by atoms with van der Waals surface area (Å²) in [7, 11) is -3.56. The van der Waals surface area contributed by atoms with Gasteiger partial charge in [0.2, 0.25) is 10.0 Å². The Hall–Kier alpha value is -1.96. The Morgan fingerprint density at radius 1 is 1.08 bits per heavy atom. The smallest absolute Gasteiger partial charge is 0.250 e. The van der Waals surface area contributed by atoms with Gasteiger partial charge in [-0.2, -0.15) is 0 Å². The summed E-state index contributed by atoms with van der Waals surface area (Å²) < 4.78 is 33.1. The summed E-state index contributed by atoms with van der Waals surface area (Å²) in [6.45, 7) is 6.02. The molecular formula is C17H18N2O3S2. The predicted molar refractivity (Wildman–Crippen MR) is 94.5 cm³/mol. The van der Waals surface area contributed by atoms with Crippen LogP contribution in [0.15, 0.2) is 45.1 Å². The maximum absolute atomic E-state index is 12.5. The topological polar surface area (TPSA) is 72.2 Å². The number of hydrogen-bond donors (Lipinski definition) is 1. The number of nitrogens with one attached hydrogen (secondary N) is 1. The average Bonchev–Trinajstić information content (AvgIpc) is 3.16. The predicted octanol–water partition coefficient (Wildman–Crippen LogP) is 3.81. The van der Waals surface area contributed by atoms with Gasteiger partial charge < -0.3 is 4.52 Å². The molecule has 24 heavy (non-hydrogen) atoms. The van der Waals surface area contributed by atoms with Gasteiger partial charge in [-0.15, -0.1) is 11.3 Å². The van der Waals surface area contributed by atoms with Gasteiger partial charge in [-0.05, 0) is 38.5 Å². The molecule has 0 unspecified atom stereocenters. The van der Waals surface area contributed by atoms with Crippen LogP contribution in [-0.4, -0.2) is 13.6 Å². The summed E-state index contributed by atoms with van der Waals surface area (Å²) in [5.74, 6) is 0.623. The number of aryl methyl sites for hydroxylation is 2. The van der Waals surface area contributed by atoms with Crippen molar-refractivity contribution in [3.63, 3.8) is 0 Å². The van der Waals surface area contributed by atoms with Crippen molar-refractivity contribution < 1.29 is 12.9 Å². The number of rotatable bonds is 5. The molecular weight excluding hydrogens is 344 g/mol. The molecule has 0 aliphatic carbocycles. The molecule has 0 aliphatic rings. The van der Waals surface area contributed by atoms with Crippen LogP contribution in [0.4, 0.5) is 0 Å². The molecule has 0 aliphatic heterocycles. The van der Waals surface area contributed by atoms with E-state index in [1.54, 1.807) is 12.1 Å². The maximum atomic E-state index is 12.5. The Labute approximate surface area is 145 Å². The van der Waals surface area contributed by atoms with E-state index >= 15 is 0 Å². The summed E-state index contributed by atoms with van der Waals surface area (Å²) in [4.78, 5) is 0.754. The summed E-state index contributed by atoms with van der Waals surface area (Å²) in [6.07, 6.45) is 0. The highest BCUT2D eigenvalue weighted by Crippen LogP contribution is 2.33. The lowest BCUT2D eigenvalue weighted by atomic mass is 10.2. The van der Waals surface area contributed by atoms with Crippen LogP contribution in [0.5, 0.6) is 0 Å². The molecule has 0 saturated heterocycles. The minimum absolute atomic E-state index is 0.260. The standard InChI is InChI=1S/C17H18N2O3S2/c1-11-4-6-14(7-5-11)10-18-24(20,21)16-9-8-15(23-16)17-12(2)13(3)19-22-17/h4-9,18H,10H2,1-3H3. The second-order valence-corrected chi connectivity index (χ2v) is 8.73. The Kier molecular flexibility index (Phi) is 4.58. The van der Waals surface area contributed by atoms with Crippen LogP contribution >= 0.6 is 11.3 Å². The largest absolute Gasteiger partial charge is 0.355 e. The summed E-state index contributed by atoms with van der Waals surface area (Å²) in [5, 5.41) is 3.91. The van der Waals surface area contributed by atoms with E-state index < -0.39 is 10.0 Å². The normalized spacial score (nSPS) is 11.8. The Morgan fingerprint density at radius 3 is 2.42 bits per heavy atom. The molecule has 0 spiro atoms. The second kappa shape index (κ2) is 6.51. The van der Waals surface area contributed by atoms with Crippen molar-refractivity contribution in [1.29, 1.82) is 0 Å². The van der Waals surface area contributed by atoms with E-state index in [2.05, 4.69) is 9.88 Å². The molecule has 7 heteroatoms. The van der Waals surface area contributed by atoms with Crippen LogP contribution in [0.2, 0.25) is 0 Å². The van der Waals surface area contributed by atoms with Crippen molar-refractivity contribution in [3.8, 4) is 10.6 Å². The molecule has 0 bridgehead atoms. The zero-order valence-corrected chi connectivity index (χ0v) is 15.3. The first-order chi connectivity index (χ1) is 11.4. The van der Waals surface area contributed by atoms with Crippen molar-refractivity contribution in [2.45, 2.75) is 31.5 Å². The Bertz CT molecular complexity index is 954. The number of aromatic nitrogens is 1. The highest BCUT2D eigenvalue weighted by atomic mass is 32.2. The van der Waals surface area contributed by atoms with Crippen LogP contribution in [0, 0.1) is 20.8 Å². The van der Waals surface area contributed by atoms with Gasteiger partial charge >= 0.3 is 0 Å². The third kappa shape index (κ3) is 3.43. The third-order valence-electron chi connectivity index (χ3n) is 3.81. The molecule has 3 aromatic rings. The highest BCUT2D eigenvalue weighted by Gasteiger charge is 2.20. The molecule has 2 heterocycles. The van der Waals surface area contributed by atoms with Gasteiger partial charge in [0.15, 0.2) is 5.76 Å². The van der Waals surface area contributed by atoms with Gasteiger partial charge in [-0.1, -0.05) is 35.0 Å². The Balaban J connectivity index is 1.78. The van der Waals surface area contributed by atoms with Crippen LogP contribution in [0.25, 0.3) is 10.6 Å². The monoisotopic (exact) mass is 362 g/mol. The fourth-order valence-electron chi connectivity index (χ4n) is 2.19. The summed E-state index contributed by atoms with van der Waals surface area (Å²) >= 11 is 1.17. The minimum atomic E-state index is -3.56. The van der Waals surface area contributed by atoms with Crippen LogP contribution < -0.4 is 4.72 Å². The second-order valence-electron chi connectivity index (χ2n) is 5.65. The molecule has 5 nitrogen and oxygen atoms in total. The van der Waals surface area contributed by atoms with E-state index in [1.165, 1.54) is 11.3 Å². The molecule has 3 rings (SSSR count). The highest BCUT2D eigenvalue weighted by molar-refractivity contribution is 7.91. The quantitative estimate of drug-likeness (QED) is 0.749. The van der Waals surface area contributed by atoms with Gasteiger partial charge in [-0.25, -0.2) is 13.1 Å². The minimum Gasteiger partial charge on any atom is -0.355 e. The van der Waals surface area contributed by atoms with Crippen molar-refractivity contribution in [3.05, 3.63) is 58.8 Å². The van der Waals surface area contributed by atoms with E-state index in [-0.39, 0.29) is 10.8 Å². The maximum Gasteiger partial charge on any atom is 0.250 e. The van der Waals surface area contributed by atoms with E-state index in [0.29, 0.717) is 5.76 Å². The molecule has 0 amide bonds. The lowest BCUT2D eigenvalue weighted by Crippen LogP contribution is -2.22. The Morgan fingerprint density at radius 2 is 1.79 bits per heavy atom. The number of thiophene rings is 1. The molecule has 0 atom stereocenters. The van der Waals surface area contributed by atoms with Gasteiger partial charge in [-0.3, -0.25) is 0 Å². The molecule has 1 N–H and O–H groups in total. The molecule has 126 valence electrons. The van der Waals surface area contributed by atoms with E-state index in [1.807, 2.05) is 45.0 Å². The zero-order chi connectivity index (χ0) is 17.3. The van der Waals surface area contributed by atoms with Crippen LogP contribution in [-0.2, 0) is 16.6 Å². The van der Waals surface area contributed by atoms with Crippen molar-refractivity contribution in [1.82, 2.24) is 9.88 Å². The number of nitrogens with zero attached hydrogens (tertiary/aromatic N) is 1. The number of benzene rings is 1.